The molecule has 1 aromatic heterocycles. The van der Waals surface area contributed by atoms with Crippen LogP contribution < -0.4 is 10.6 Å². The average molecular weight is 311 g/mol. The number of rotatable bonds is 7. The highest BCUT2D eigenvalue weighted by Crippen LogP contribution is 2.29. The van der Waals surface area contributed by atoms with Crippen molar-refractivity contribution < 1.29 is 14.4 Å². The largest absolute Gasteiger partial charge is 0.396 e. The predicted octanol–water partition coefficient (Wildman–Crippen LogP) is 3.28. The fraction of sp³-hybridized carbons (Fsp3) is 0.750. The van der Waals surface area contributed by atoms with E-state index in [0.717, 1.165) is 18.6 Å². The Bertz CT molecular complexity index is 473. The number of anilines is 1. The molecule has 0 radical (unpaired) electrons. The summed E-state index contributed by atoms with van der Waals surface area (Å²) in [5.41, 5.74) is -0.212. The first-order valence-corrected chi connectivity index (χ1v) is 7.89. The number of hydrogen-bond donors (Lipinski definition) is 3. The van der Waals surface area contributed by atoms with Gasteiger partial charge in [-0.15, -0.1) is 0 Å². The standard InChI is InChI=1S/C16H29N3O3/c1-6-16(7-2,8-9-20)11-17-14(21)18-13-10-12(22-19-13)15(3,4)5/h10,20H,6-9,11H2,1-5H3,(H2,17,18,19,21). The molecule has 2 amide bonds. The van der Waals surface area contributed by atoms with Crippen molar-refractivity contribution in [3.05, 3.63) is 11.8 Å². The van der Waals surface area contributed by atoms with Crippen LogP contribution in [0.15, 0.2) is 10.6 Å². The Balaban J connectivity index is 2.57. The summed E-state index contributed by atoms with van der Waals surface area (Å²) in [5, 5.41) is 18.6. The van der Waals surface area contributed by atoms with Gasteiger partial charge < -0.3 is 14.9 Å². The molecule has 3 N–H and O–H groups in total. The van der Waals surface area contributed by atoms with E-state index in [4.69, 9.17) is 4.52 Å². The van der Waals surface area contributed by atoms with Crippen LogP contribution in [0, 0.1) is 5.41 Å². The van der Waals surface area contributed by atoms with Crippen LogP contribution in [0.25, 0.3) is 0 Å². The summed E-state index contributed by atoms with van der Waals surface area (Å²) in [6.07, 6.45) is 2.49. The molecule has 0 aliphatic heterocycles. The van der Waals surface area contributed by atoms with Crippen LogP contribution in [-0.2, 0) is 5.41 Å². The van der Waals surface area contributed by atoms with E-state index in [-0.39, 0.29) is 23.5 Å². The molecule has 6 heteroatoms. The minimum Gasteiger partial charge on any atom is -0.396 e. The topological polar surface area (TPSA) is 87.4 Å². The van der Waals surface area contributed by atoms with Crippen LogP contribution in [0.2, 0.25) is 0 Å². The highest BCUT2D eigenvalue weighted by Gasteiger charge is 2.26. The van der Waals surface area contributed by atoms with Crippen molar-refractivity contribution in [2.75, 3.05) is 18.5 Å². The van der Waals surface area contributed by atoms with Crippen molar-refractivity contribution in [1.82, 2.24) is 10.5 Å². The summed E-state index contributed by atoms with van der Waals surface area (Å²) in [4.78, 5) is 12.0. The third-order valence-electron chi connectivity index (χ3n) is 4.26. The molecule has 126 valence electrons. The predicted molar refractivity (Wildman–Crippen MR) is 86.9 cm³/mol. The lowest BCUT2D eigenvalue weighted by atomic mass is 9.79. The number of carbonyl (C=O) groups excluding carboxylic acids is 1. The molecule has 0 aliphatic carbocycles. The van der Waals surface area contributed by atoms with E-state index in [1.54, 1.807) is 6.07 Å². The Morgan fingerprint density at radius 3 is 2.41 bits per heavy atom. The minimum atomic E-state index is -0.307. The first-order chi connectivity index (χ1) is 10.3. The lowest BCUT2D eigenvalue weighted by Gasteiger charge is -2.31. The number of urea groups is 1. The molecule has 1 heterocycles. The molecular formula is C16H29N3O3. The van der Waals surface area contributed by atoms with Gasteiger partial charge in [0, 0.05) is 24.6 Å². The Morgan fingerprint density at radius 2 is 1.95 bits per heavy atom. The van der Waals surface area contributed by atoms with Gasteiger partial charge in [-0.05, 0) is 24.7 Å². The van der Waals surface area contributed by atoms with Crippen LogP contribution >= 0.6 is 0 Å². The zero-order chi connectivity index (χ0) is 16.8. The van der Waals surface area contributed by atoms with E-state index in [0.29, 0.717) is 18.8 Å². The Kier molecular flexibility index (Phi) is 6.41. The van der Waals surface area contributed by atoms with Crippen LogP contribution in [0.5, 0.6) is 0 Å². The molecule has 0 saturated carbocycles. The Hall–Kier alpha value is -1.56. The zero-order valence-corrected chi connectivity index (χ0v) is 14.3. The second-order valence-electron chi connectivity index (χ2n) is 6.81. The van der Waals surface area contributed by atoms with Gasteiger partial charge in [0.05, 0.1) is 0 Å². The van der Waals surface area contributed by atoms with E-state index in [1.807, 2.05) is 20.8 Å². The lowest BCUT2D eigenvalue weighted by molar-refractivity contribution is 0.165. The molecule has 0 aliphatic rings. The summed E-state index contributed by atoms with van der Waals surface area (Å²) in [5.74, 6) is 1.13. The number of nitrogens with zero attached hydrogens (tertiary/aromatic N) is 1. The van der Waals surface area contributed by atoms with Gasteiger partial charge in [0.1, 0.15) is 5.76 Å². The van der Waals surface area contributed by atoms with Crippen molar-refractivity contribution >= 4 is 11.8 Å². The van der Waals surface area contributed by atoms with Crippen molar-refractivity contribution in [2.24, 2.45) is 5.41 Å². The SMILES string of the molecule is CCC(CC)(CCO)CNC(=O)Nc1cc(C(C)(C)C)on1. The molecule has 1 rings (SSSR count). The van der Waals surface area contributed by atoms with Gasteiger partial charge in [0.25, 0.3) is 0 Å². The monoisotopic (exact) mass is 311 g/mol. The molecule has 0 atom stereocenters. The smallest absolute Gasteiger partial charge is 0.320 e. The fourth-order valence-electron chi connectivity index (χ4n) is 2.29. The molecule has 1 aromatic rings. The van der Waals surface area contributed by atoms with Crippen LogP contribution in [0.1, 0.15) is 59.6 Å². The van der Waals surface area contributed by atoms with Crippen molar-refractivity contribution in [2.45, 2.75) is 59.3 Å². The van der Waals surface area contributed by atoms with Gasteiger partial charge in [-0.25, -0.2) is 4.79 Å². The first-order valence-electron chi connectivity index (χ1n) is 7.89. The normalized spacial score (nSPS) is 12.3. The Morgan fingerprint density at radius 1 is 1.32 bits per heavy atom. The molecule has 0 saturated heterocycles. The van der Waals surface area contributed by atoms with E-state index < -0.39 is 0 Å². The zero-order valence-electron chi connectivity index (χ0n) is 14.3. The molecule has 6 nitrogen and oxygen atoms in total. The molecule has 0 bridgehead atoms. The molecular weight excluding hydrogens is 282 g/mol. The van der Waals surface area contributed by atoms with Gasteiger partial charge in [-0.1, -0.05) is 39.8 Å². The van der Waals surface area contributed by atoms with E-state index >= 15 is 0 Å². The summed E-state index contributed by atoms with van der Waals surface area (Å²) in [6.45, 7) is 10.9. The van der Waals surface area contributed by atoms with Crippen molar-refractivity contribution in [3.63, 3.8) is 0 Å². The van der Waals surface area contributed by atoms with Gasteiger partial charge in [-0.3, -0.25) is 5.32 Å². The number of hydrogen-bond acceptors (Lipinski definition) is 4. The summed E-state index contributed by atoms with van der Waals surface area (Å²) >= 11 is 0. The fourth-order valence-corrected chi connectivity index (χ4v) is 2.29. The maximum atomic E-state index is 12.0. The maximum Gasteiger partial charge on any atom is 0.320 e. The van der Waals surface area contributed by atoms with Crippen LogP contribution in [0.3, 0.4) is 0 Å². The second-order valence-corrected chi connectivity index (χ2v) is 6.81. The highest BCUT2D eigenvalue weighted by molar-refractivity contribution is 5.88. The first kappa shape index (κ1) is 18.5. The number of nitrogens with one attached hydrogen (secondary N) is 2. The van der Waals surface area contributed by atoms with Gasteiger partial charge >= 0.3 is 6.03 Å². The Labute approximate surface area is 132 Å². The van der Waals surface area contributed by atoms with E-state index in [2.05, 4.69) is 29.6 Å². The molecule has 0 aromatic carbocycles. The number of aromatic nitrogens is 1. The molecule has 0 fully saturated rings. The lowest BCUT2D eigenvalue weighted by Crippen LogP contribution is -2.39. The summed E-state index contributed by atoms with van der Waals surface area (Å²) < 4.78 is 5.23. The molecule has 22 heavy (non-hydrogen) atoms. The van der Waals surface area contributed by atoms with E-state index in [1.165, 1.54) is 0 Å². The van der Waals surface area contributed by atoms with E-state index in [9.17, 15) is 9.90 Å². The summed E-state index contributed by atoms with van der Waals surface area (Å²) in [6, 6.07) is 1.43. The summed E-state index contributed by atoms with van der Waals surface area (Å²) in [7, 11) is 0. The third-order valence-corrected chi connectivity index (χ3v) is 4.26. The minimum absolute atomic E-state index is 0.0630. The van der Waals surface area contributed by atoms with Crippen LogP contribution in [-0.4, -0.2) is 29.4 Å². The average Bonchev–Trinajstić information content (AvgIpc) is 2.92. The quantitative estimate of drug-likeness (QED) is 0.721. The van der Waals surface area contributed by atoms with Gasteiger partial charge in [0.15, 0.2) is 5.82 Å². The van der Waals surface area contributed by atoms with Crippen molar-refractivity contribution in [3.8, 4) is 0 Å². The highest BCUT2D eigenvalue weighted by atomic mass is 16.5. The number of aliphatic hydroxyl groups is 1. The number of aliphatic hydroxyl groups excluding tert-OH is 1. The third kappa shape index (κ3) is 5.02. The second kappa shape index (κ2) is 7.63. The molecule has 0 unspecified atom stereocenters. The van der Waals surface area contributed by atoms with Crippen molar-refractivity contribution in [1.29, 1.82) is 0 Å². The number of carbonyl (C=O) groups is 1. The molecule has 0 spiro atoms. The maximum absolute atomic E-state index is 12.0. The van der Waals surface area contributed by atoms with Crippen LogP contribution in [0.4, 0.5) is 10.6 Å². The van der Waals surface area contributed by atoms with Gasteiger partial charge in [-0.2, -0.15) is 0 Å². The number of amides is 2. The van der Waals surface area contributed by atoms with Gasteiger partial charge in [0.2, 0.25) is 0 Å².